The molecule has 0 saturated heterocycles. The summed E-state index contributed by atoms with van der Waals surface area (Å²) < 4.78 is 0.844. The largest absolute Gasteiger partial charge is 0.481 e. The molecule has 0 aliphatic rings. The van der Waals surface area contributed by atoms with Gasteiger partial charge in [-0.25, -0.2) is 0 Å². The van der Waals surface area contributed by atoms with Gasteiger partial charge in [0.05, 0.1) is 27.7 Å². The van der Waals surface area contributed by atoms with Crippen LogP contribution in [0.4, 0.5) is 0 Å². The van der Waals surface area contributed by atoms with Crippen LogP contribution in [-0.2, 0) is 9.59 Å². The summed E-state index contributed by atoms with van der Waals surface area (Å²) in [4.78, 5) is 19.8. The summed E-state index contributed by atoms with van der Waals surface area (Å²) in [5.41, 5.74) is 0. The van der Waals surface area contributed by atoms with Gasteiger partial charge in [0.25, 0.3) is 0 Å². The fourth-order valence-electron chi connectivity index (χ4n) is 0.852. The summed E-state index contributed by atoms with van der Waals surface area (Å²) in [7, 11) is 6.16. The highest BCUT2D eigenvalue weighted by Crippen LogP contribution is 1.98. The van der Waals surface area contributed by atoms with Crippen LogP contribution < -0.4 is 0 Å². The number of unbranched alkanes of at least 4 members (excludes halogenated alkanes) is 1. The second-order valence-electron chi connectivity index (χ2n) is 4.73. The van der Waals surface area contributed by atoms with Gasteiger partial charge in [-0.2, -0.15) is 0 Å². The van der Waals surface area contributed by atoms with Gasteiger partial charge in [0.1, 0.15) is 6.54 Å². The molecule has 0 fully saturated rings. The van der Waals surface area contributed by atoms with Crippen LogP contribution in [-0.4, -0.2) is 66.0 Å². The number of hydrogen-bond acceptors (Lipinski definition) is 3. The molecule has 0 saturated carbocycles. The average Bonchev–Trinajstić information content (AvgIpc) is 2.11. The first-order valence-electron chi connectivity index (χ1n) is 5.54. The number of aliphatic carboxylic acids is 2. The van der Waals surface area contributed by atoms with E-state index in [4.69, 9.17) is 15.3 Å². The van der Waals surface area contributed by atoms with Gasteiger partial charge in [-0.1, -0.05) is 0 Å². The van der Waals surface area contributed by atoms with Crippen LogP contribution in [0.5, 0.6) is 0 Å². The summed E-state index contributed by atoms with van der Waals surface area (Å²) in [6, 6.07) is 0. The molecule has 0 radical (unpaired) electrons. The van der Waals surface area contributed by atoms with E-state index in [2.05, 4.69) is 21.1 Å². The molecule has 102 valence electrons. The first-order chi connectivity index (χ1) is 7.69. The smallest absolute Gasteiger partial charge is 0.303 e. The van der Waals surface area contributed by atoms with Crippen LogP contribution in [0, 0.1) is 0 Å². The molecule has 0 rings (SSSR count). The maximum absolute atomic E-state index is 9.90. The molecule has 3 N–H and O–H groups in total. The maximum Gasteiger partial charge on any atom is 0.303 e. The Hall–Kier alpha value is -1.14. The number of quaternary nitrogens is 1. The number of carbonyl (C=O) groups is 2. The topological polar surface area (TPSA) is 94.8 Å². The normalized spacial score (nSPS) is 10.4. The van der Waals surface area contributed by atoms with Crippen molar-refractivity contribution < 1.29 is 29.4 Å². The van der Waals surface area contributed by atoms with E-state index in [-0.39, 0.29) is 19.4 Å². The van der Waals surface area contributed by atoms with E-state index in [0.29, 0.717) is 12.8 Å². The molecule has 0 atom stereocenters. The van der Waals surface area contributed by atoms with Crippen molar-refractivity contribution in [1.29, 1.82) is 0 Å². The summed E-state index contributed by atoms with van der Waals surface area (Å²) in [6.45, 7) is 1.11. The van der Waals surface area contributed by atoms with Gasteiger partial charge >= 0.3 is 11.9 Å². The Morgan fingerprint density at radius 2 is 1.29 bits per heavy atom. The van der Waals surface area contributed by atoms with Gasteiger partial charge in [-0.3, -0.25) is 9.59 Å². The van der Waals surface area contributed by atoms with Crippen LogP contribution in [0.1, 0.15) is 25.7 Å². The molecule has 0 amide bonds. The lowest BCUT2D eigenvalue weighted by molar-refractivity contribution is -0.870. The Bertz CT molecular complexity index is 206. The lowest BCUT2D eigenvalue weighted by Gasteiger charge is -2.21. The molecule has 0 aromatic heterocycles. The van der Waals surface area contributed by atoms with Crippen LogP contribution in [0.3, 0.4) is 0 Å². The quantitative estimate of drug-likeness (QED) is 0.449. The minimum atomic E-state index is -0.870. The molecule has 0 spiro atoms. The number of carboxylic acid groups (broad SMARTS) is 2. The molecule has 0 aromatic carbocycles. The third-order valence-corrected chi connectivity index (χ3v) is 1.80. The molecular formula is C11H24NO5+. The number of aliphatic hydroxyl groups is 1. The number of rotatable bonds is 7. The molecule has 0 bridgehead atoms. The highest BCUT2D eigenvalue weighted by molar-refractivity contribution is 5.67. The molecule has 0 aliphatic carbocycles. The number of aliphatic hydroxyl groups excluding tert-OH is 1. The zero-order valence-electron chi connectivity index (χ0n) is 10.8. The number of carboxylic acids is 2. The average molecular weight is 250 g/mol. The first-order valence-corrected chi connectivity index (χ1v) is 5.54. The molecule has 6 nitrogen and oxygen atoms in total. The predicted octanol–water partition coefficient (Wildman–Crippen LogP) is 0.401. The molecule has 0 aromatic rings. The van der Waals surface area contributed by atoms with Crippen LogP contribution in [0.15, 0.2) is 0 Å². The predicted molar refractivity (Wildman–Crippen MR) is 63.7 cm³/mol. The Balaban J connectivity index is 0. The van der Waals surface area contributed by atoms with Gasteiger partial charge in [-0.05, 0) is 12.8 Å². The minimum absolute atomic E-state index is 0.0628. The van der Waals surface area contributed by atoms with Gasteiger partial charge in [0.2, 0.25) is 0 Å². The Morgan fingerprint density at radius 1 is 0.941 bits per heavy atom. The minimum Gasteiger partial charge on any atom is -0.481 e. The maximum atomic E-state index is 9.90. The Kier molecular flexibility index (Phi) is 10.8. The van der Waals surface area contributed by atoms with E-state index in [1.165, 1.54) is 0 Å². The van der Waals surface area contributed by atoms with Gasteiger partial charge in [-0.15, -0.1) is 0 Å². The monoisotopic (exact) mass is 250 g/mol. The zero-order valence-corrected chi connectivity index (χ0v) is 10.8. The van der Waals surface area contributed by atoms with E-state index < -0.39 is 11.9 Å². The number of hydrogen-bond donors (Lipinski definition) is 3. The molecule has 17 heavy (non-hydrogen) atoms. The lowest BCUT2D eigenvalue weighted by atomic mass is 10.2. The fourth-order valence-corrected chi connectivity index (χ4v) is 0.852. The van der Waals surface area contributed by atoms with Crippen molar-refractivity contribution in [3.05, 3.63) is 0 Å². The molecule has 0 heterocycles. The summed E-state index contributed by atoms with van der Waals surface area (Å²) in [5, 5.41) is 24.6. The van der Waals surface area contributed by atoms with Crippen molar-refractivity contribution in [2.24, 2.45) is 0 Å². The third-order valence-electron chi connectivity index (χ3n) is 1.80. The van der Waals surface area contributed by atoms with Crippen LogP contribution >= 0.6 is 0 Å². The second-order valence-corrected chi connectivity index (χ2v) is 4.73. The molecule has 0 aliphatic heterocycles. The van der Waals surface area contributed by atoms with Crippen LogP contribution in [0.2, 0.25) is 0 Å². The number of nitrogens with zero attached hydrogens (tertiary/aromatic N) is 1. The van der Waals surface area contributed by atoms with Gasteiger partial charge in [0.15, 0.2) is 0 Å². The van der Waals surface area contributed by atoms with E-state index in [0.717, 1.165) is 11.0 Å². The Morgan fingerprint density at radius 3 is 1.41 bits per heavy atom. The van der Waals surface area contributed by atoms with Crippen molar-refractivity contribution in [3.63, 3.8) is 0 Å². The zero-order chi connectivity index (χ0) is 13.9. The summed E-state index contributed by atoms with van der Waals surface area (Å²) >= 11 is 0. The fraction of sp³-hybridized carbons (Fsp3) is 0.818. The van der Waals surface area contributed by atoms with E-state index in [9.17, 15) is 9.59 Å². The van der Waals surface area contributed by atoms with Crippen LogP contribution in [0.25, 0.3) is 0 Å². The highest BCUT2D eigenvalue weighted by atomic mass is 16.4. The lowest BCUT2D eigenvalue weighted by Crippen LogP contribution is -2.36. The highest BCUT2D eigenvalue weighted by Gasteiger charge is 2.02. The van der Waals surface area contributed by atoms with Crippen molar-refractivity contribution in [1.82, 2.24) is 0 Å². The molecule has 0 unspecified atom stereocenters. The first kappa shape index (κ1) is 18.2. The molecule has 6 heteroatoms. The van der Waals surface area contributed by atoms with Gasteiger partial charge in [0, 0.05) is 12.8 Å². The standard InChI is InChI=1S/C6H10O4.C5H14NO/c7-5(8)3-1-2-4-6(9)10;1-6(2,3)4-5-7/h1-4H2,(H,7,8)(H,9,10);7H,4-5H2,1-3H3/q;+1. The molecular weight excluding hydrogens is 226 g/mol. The van der Waals surface area contributed by atoms with Crippen molar-refractivity contribution >= 4 is 11.9 Å². The Labute approximate surface area is 102 Å². The summed E-state index contributed by atoms with van der Waals surface area (Å²) in [5.74, 6) is -1.74. The SMILES string of the molecule is C[N+](C)(C)CCO.O=C(O)CCCCC(=O)O. The number of likely N-dealkylation sites (N-methyl/N-ethyl adjacent to an activating group) is 1. The van der Waals surface area contributed by atoms with E-state index in [1.807, 2.05) is 0 Å². The van der Waals surface area contributed by atoms with E-state index >= 15 is 0 Å². The second kappa shape index (κ2) is 10.0. The van der Waals surface area contributed by atoms with Crippen molar-refractivity contribution in [2.75, 3.05) is 34.3 Å². The van der Waals surface area contributed by atoms with Gasteiger partial charge < -0.3 is 19.8 Å². The third kappa shape index (κ3) is 25.3. The summed E-state index contributed by atoms with van der Waals surface area (Å²) in [6.07, 6.45) is 1.02. The van der Waals surface area contributed by atoms with Crippen molar-refractivity contribution in [2.45, 2.75) is 25.7 Å². The van der Waals surface area contributed by atoms with Crippen molar-refractivity contribution in [3.8, 4) is 0 Å². The van der Waals surface area contributed by atoms with E-state index in [1.54, 1.807) is 0 Å².